The number of nitrogens with one attached hydrogen (secondary N) is 1. The van der Waals surface area contributed by atoms with E-state index in [2.05, 4.69) is 34.7 Å². The molecule has 0 atom stereocenters. The minimum absolute atomic E-state index is 0.969. The maximum atomic E-state index is 4.29. The van der Waals surface area contributed by atoms with Crippen molar-refractivity contribution in [1.82, 2.24) is 10.3 Å². The van der Waals surface area contributed by atoms with Crippen LogP contribution in [0.25, 0.3) is 0 Å². The van der Waals surface area contributed by atoms with Crippen molar-refractivity contribution in [3.05, 3.63) is 52.0 Å². The molecular weight excluding hydrogens is 216 g/mol. The highest BCUT2D eigenvalue weighted by molar-refractivity contribution is 7.10. The summed E-state index contributed by atoms with van der Waals surface area (Å²) in [5.74, 6) is 0. The molecule has 84 valence electrons. The number of aromatic nitrogens is 1. The number of pyridine rings is 1. The molecule has 0 bridgehead atoms. The first-order valence-electron chi connectivity index (χ1n) is 5.50. The Balaban J connectivity index is 1.72. The second-order valence-electron chi connectivity index (χ2n) is 3.77. The molecule has 0 fully saturated rings. The summed E-state index contributed by atoms with van der Waals surface area (Å²) < 4.78 is 0. The monoisotopic (exact) mass is 232 g/mol. The summed E-state index contributed by atoms with van der Waals surface area (Å²) >= 11 is 1.82. The molecule has 2 aromatic heterocycles. The summed E-state index contributed by atoms with van der Waals surface area (Å²) in [4.78, 5) is 5.72. The van der Waals surface area contributed by atoms with Crippen molar-refractivity contribution >= 4 is 11.3 Å². The lowest BCUT2D eigenvalue weighted by molar-refractivity contribution is 0.684. The minimum Gasteiger partial charge on any atom is -0.311 e. The van der Waals surface area contributed by atoms with Crippen molar-refractivity contribution < 1.29 is 0 Å². The maximum absolute atomic E-state index is 4.29. The number of rotatable bonds is 5. The smallest absolute Gasteiger partial charge is 0.0416 e. The lowest BCUT2D eigenvalue weighted by Gasteiger charge is -2.03. The van der Waals surface area contributed by atoms with Crippen LogP contribution in [0.4, 0.5) is 0 Å². The molecule has 2 rings (SSSR count). The van der Waals surface area contributed by atoms with Gasteiger partial charge < -0.3 is 5.32 Å². The van der Waals surface area contributed by atoms with Crippen LogP contribution in [0.1, 0.15) is 16.1 Å². The van der Waals surface area contributed by atoms with Crippen LogP contribution in [0, 0.1) is 6.92 Å². The van der Waals surface area contributed by atoms with Crippen LogP contribution in [-0.4, -0.2) is 11.5 Å². The van der Waals surface area contributed by atoms with E-state index in [-0.39, 0.29) is 0 Å². The minimum atomic E-state index is 0.969. The summed E-state index contributed by atoms with van der Waals surface area (Å²) in [6, 6.07) is 8.22. The summed E-state index contributed by atoms with van der Waals surface area (Å²) in [6.07, 6.45) is 2.84. The Morgan fingerprint density at radius 2 is 2.25 bits per heavy atom. The van der Waals surface area contributed by atoms with Gasteiger partial charge in [0.05, 0.1) is 0 Å². The highest BCUT2D eigenvalue weighted by Crippen LogP contribution is 2.14. The first-order chi connectivity index (χ1) is 7.86. The predicted molar refractivity (Wildman–Crippen MR) is 68.7 cm³/mol. The molecule has 0 aromatic carbocycles. The van der Waals surface area contributed by atoms with Crippen LogP contribution in [0.3, 0.4) is 0 Å². The third-order valence-electron chi connectivity index (χ3n) is 2.54. The summed E-state index contributed by atoms with van der Waals surface area (Å²) in [5, 5.41) is 5.59. The average molecular weight is 232 g/mol. The molecule has 0 aliphatic heterocycles. The normalized spacial score (nSPS) is 10.6. The SMILES string of the molecule is Cc1ccsc1CNCCc1ccccn1. The molecule has 2 nitrogen and oxygen atoms in total. The summed E-state index contributed by atoms with van der Waals surface area (Å²) in [7, 11) is 0. The molecule has 3 heteroatoms. The molecule has 0 aliphatic carbocycles. The van der Waals surface area contributed by atoms with Crippen LogP contribution in [-0.2, 0) is 13.0 Å². The van der Waals surface area contributed by atoms with Gasteiger partial charge in [-0.05, 0) is 36.1 Å². The van der Waals surface area contributed by atoms with Gasteiger partial charge >= 0.3 is 0 Å². The molecule has 0 spiro atoms. The predicted octanol–water partition coefficient (Wildman–Crippen LogP) is 2.78. The Morgan fingerprint density at radius 1 is 1.31 bits per heavy atom. The third-order valence-corrected chi connectivity index (χ3v) is 3.56. The molecule has 0 saturated carbocycles. The van der Waals surface area contributed by atoms with Gasteiger partial charge in [-0.25, -0.2) is 0 Å². The largest absolute Gasteiger partial charge is 0.311 e. The van der Waals surface area contributed by atoms with Gasteiger partial charge in [-0.3, -0.25) is 4.98 Å². The van der Waals surface area contributed by atoms with Gasteiger partial charge in [0, 0.05) is 36.3 Å². The number of nitrogens with zero attached hydrogens (tertiary/aromatic N) is 1. The van der Waals surface area contributed by atoms with Gasteiger partial charge in [-0.2, -0.15) is 0 Å². The molecule has 0 amide bonds. The lowest BCUT2D eigenvalue weighted by Crippen LogP contribution is -2.16. The second kappa shape index (κ2) is 5.77. The van der Waals surface area contributed by atoms with Crippen LogP contribution >= 0.6 is 11.3 Å². The van der Waals surface area contributed by atoms with E-state index in [4.69, 9.17) is 0 Å². The van der Waals surface area contributed by atoms with E-state index in [9.17, 15) is 0 Å². The molecular formula is C13H16N2S. The molecule has 0 radical (unpaired) electrons. The fourth-order valence-corrected chi connectivity index (χ4v) is 2.43. The highest BCUT2D eigenvalue weighted by Gasteiger charge is 1.98. The van der Waals surface area contributed by atoms with Gasteiger partial charge in [-0.15, -0.1) is 11.3 Å². The first-order valence-corrected chi connectivity index (χ1v) is 6.38. The van der Waals surface area contributed by atoms with Gasteiger partial charge in [0.25, 0.3) is 0 Å². The van der Waals surface area contributed by atoms with Crippen LogP contribution in [0.15, 0.2) is 35.8 Å². The van der Waals surface area contributed by atoms with E-state index < -0.39 is 0 Å². The molecule has 0 saturated heterocycles. The van der Waals surface area contributed by atoms with Gasteiger partial charge in [0.2, 0.25) is 0 Å². The van der Waals surface area contributed by atoms with Crippen molar-refractivity contribution in [2.45, 2.75) is 19.9 Å². The number of aryl methyl sites for hydroxylation is 1. The molecule has 2 aromatic rings. The zero-order chi connectivity index (χ0) is 11.2. The summed E-state index contributed by atoms with van der Waals surface area (Å²) in [6.45, 7) is 4.11. The van der Waals surface area contributed by atoms with Gasteiger partial charge in [-0.1, -0.05) is 6.07 Å². The van der Waals surface area contributed by atoms with Crippen molar-refractivity contribution in [3.8, 4) is 0 Å². The Kier molecular flexibility index (Phi) is 4.08. The van der Waals surface area contributed by atoms with Gasteiger partial charge in [0.15, 0.2) is 0 Å². The van der Waals surface area contributed by atoms with E-state index in [1.165, 1.54) is 10.4 Å². The third kappa shape index (κ3) is 3.15. The Labute approximate surface area is 100 Å². The van der Waals surface area contributed by atoms with Crippen molar-refractivity contribution in [3.63, 3.8) is 0 Å². The van der Waals surface area contributed by atoms with Gasteiger partial charge in [0.1, 0.15) is 0 Å². The molecule has 1 N–H and O–H groups in total. The Hall–Kier alpha value is -1.19. The lowest BCUT2D eigenvalue weighted by atomic mass is 10.2. The molecule has 16 heavy (non-hydrogen) atoms. The number of hydrogen-bond acceptors (Lipinski definition) is 3. The van der Waals surface area contributed by atoms with Crippen LogP contribution in [0.5, 0.6) is 0 Å². The Morgan fingerprint density at radius 3 is 2.94 bits per heavy atom. The fourth-order valence-electron chi connectivity index (χ4n) is 1.55. The molecule has 0 unspecified atom stereocenters. The maximum Gasteiger partial charge on any atom is 0.0416 e. The zero-order valence-electron chi connectivity index (χ0n) is 9.44. The summed E-state index contributed by atoms with van der Waals surface area (Å²) in [5.41, 5.74) is 2.54. The quantitative estimate of drug-likeness (QED) is 0.802. The van der Waals surface area contributed by atoms with E-state index >= 15 is 0 Å². The van der Waals surface area contributed by atoms with E-state index in [1.807, 2.05) is 29.7 Å². The second-order valence-corrected chi connectivity index (χ2v) is 4.78. The van der Waals surface area contributed by atoms with Crippen LogP contribution in [0.2, 0.25) is 0 Å². The van der Waals surface area contributed by atoms with Crippen molar-refractivity contribution in [1.29, 1.82) is 0 Å². The highest BCUT2D eigenvalue weighted by atomic mass is 32.1. The average Bonchev–Trinajstić information content (AvgIpc) is 2.72. The molecule has 0 aliphatic rings. The van der Waals surface area contributed by atoms with Crippen molar-refractivity contribution in [2.24, 2.45) is 0 Å². The van der Waals surface area contributed by atoms with E-state index in [1.54, 1.807) is 0 Å². The van der Waals surface area contributed by atoms with E-state index in [0.717, 1.165) is 25.2 Å². The zero-order valence-corrected chi connectivity index (χ0v) is 10.3. The molecule has 2 heterocycles. The van der Waals surface area contributed by atoms with Crippen LogP contribution < -0.4 is 5.32 Å². The first kappa shape index (κ1) is 11.3. The Bertz CT molecular complexity index is 423. The van der Waals surface area contributed by atoms with Crippen molar-refractivity contribution in [2.75, 3.05) is 6.54 Å². The number of thiophene rings is 1. The van der Waals surface area contributed by atoms with E-state index in [0.29, 0.717) is 0 Å². The number of hydrogen-bond donors (Lipinski definition) is 1. The fraction of sp³-hybridized carbons (Fsp3) is 0.308. The standard InChI is InChI=1S/C13H16N2S/c1-11-6-9-16-13(11)10-14-8-5-12-4-2-3-7-15-12/h2-4,6-7,9,14H,5,8,10H2,1H3. The topological polar surface area (TPSA) is 24.9 Å².